The summed E-state index contributed by atoms with van der Waals surface area (Å²) in [5.41, 5.74) is 8.69. The summed E-state index contributed by atoms with van der Waals surface area (Å²) in [6.45, 7) is 0. The number of hydrogen-bond donors (Lipinski definition) is 2. The van der Waals surface area contributed by atoms with Crippen molar-refractivity contribution in [3.05, 3.63) is 57.8 Å². The van der Waals surface area contributed by atoms with Crippen LogP contribution in [0.5, 0.6) is 0 Å². The number of aromatic nitrogens is 1. The summed E-state index contributed by atoms with van der Waals surface area (Å²) in [5, 5.41) is 4.53. The molecule has 100 valence electrons. The summed E-state index contributed by atoms with van der Waals surface area (Å²) in [6.07, 6.45) is 4.18. The lowest BCUT2D eigenvalue weighted by atomic mass is 9.99. The number of pyridine rings is 1. The predicted octanol–water partition coefficient (Wildman–Crippen LogP) is 3.47. The van der Waals surface area contributed by atoms with E-state index in [9.17, 15) is 0 Å². The normalized spacial score (nSPS) is 12.4. The highest BCUT2D eigenvalue weighted by molar-refractivity contribution is 6.35. The van der Waals surface area contributed by atoms with Gasteiger partial charge < -0.3 is 11.1 Å². The molecule has 1 heterocycles. The molecule has 0 radical (unpaired) electrons. The predicted molar refractivity (Wildman–Crippen MR) is 80.6 cm³/mol. The molecule has 1 atom stereocenters. The Morgan fingerprint density at radius 2 is 2.11 bits per heavy atom. The first-order chi connectivity index (χ1) is 9.11. The van der Waals surface area contributed by atoms with E-state index in [4.69, 9.17) is 28.9 Å². The lowest BCUT2D eigenvalue weighted by Crippen LogP contribution is -2.20. The number of nitrogens with two attached hydrogens (primary N) is 1. The fourth-order valence-corrected chi connectivity index (χ4v) is 2.47. The Labute approximate surface area is 122 Å². The third kappa shape index (κ3) is 3.38. The van der Waals surface area contributed by atoms with Crippen molar-refractivity contribution in [1.82, 2.24) is 10.3 Å². The van der Waals surface area contributed by atoms with Gasteiger partial charge in [0, 0.05) is 39.7 Å². The van der Waals surface area contributed by atoms with Crippen molar-refractivity contribution in [2.45, 2.75) is 12.5 Å². The minimum Gasteiger partial charge on any atom is -0.398 e. The van der Waals surface area contributed by atoms with Crippen molar-refractivity contribution < 1.29 is 0 Å². The molecule has 0 bridgehead atoms. The molecule has 2 aromatic rings. The first-order valence-electron chi connectivity index (χ1n) is 5.92. The summed E-state index contributed by atoms with van der Waals surface area (Å²) < 4.78 is 0. The molecule has 0 aliphatic heterocycles. The van der Waals surface area contributed by atoms with E-state index < -0.39 is 0 Å². The van der Waals surface area contributed by atoms with E-state index >= 15 is 0 Å². The quantitative estimate of drug-likeness (QED) is 0.908. The van der Waals surface area contributed by atoms with Gasteiger partial charge in [-0.1, -0.05) is 29.3 Å². The van der Waals surface area contributed by atoms with Gasteiger partial charge in [0.15, 0.2) is 0 Å². The first-order valence-corrected chi connectivity index (χ1v) is 6.68. The molecule has 3 N–H and O–H groups in total. The van der Waals surface area contributed by atoms with Crippen molar-refractivity contribution in [3.63, 3.8) is 0 Å². The molecule has 1 unspecified atom stereocenters. The number of nitrogen functional groups attached to an aromatic ring is 1. The first kappa shape index (κ1) is 14.1. The molecule has 1 aromatic carbocycles. The summed E-state index contributed by atoms with van der Waals surface area (Å²) >= 11 is 12.1. The van der Waals surface area contributed by atoms with Crippen LogP contribution in [0.3, 0.4) is 0 Å². The van der Waals surface area contributed by atoms with Crippen molar-refractivity contribution in [1.29, 1.82) is 0 Å². The number of anilines is 1. The van der Waals surface area contributed by atoms with E-state index in [1.54, 1.807) is 24.5 Å². The van der Waals surface area contributed by atoms with Gasteiger partial charge in [0.2, 0.25) is 0 Å². The molecule has 0 amide bonds. The van der Waals surface area contributed by atoms with Crippen LogP contribution in [-0.2, 0) is 6.42 Å². The van der Waals surface area contributed by atoms with Gasteiger partial charge in [0.05, 0.1) is 0 Å². The summed E-state index contributed by atoms with van der Waals surface area (Å²) in [5.74, 6) is 0. The fourth-order valence-electron chi connectivity index (χ4n) is 1.98. The zero-order valence-electron chi connectivity index (χ0n) is 10.5. The molecular formula is C14H15Cl2N3. The Bertz CT molecular complexity index is 572. The van der Waals surface area contributed by atoms with Gasteiger partial charge in [-0.25, -0.2) is 0 Å². The highest BCUT2D eigenvalue weighted by atomic mass is 35.5. The average molecular weight is 296 g/mol. The van der Waals surface area contributed by atoms with Crippen molar-refractivity contribution in [3.8, 4) is 0 Å². The van der Waals surface area contributed by atoms with E-state index in [0.717, 1.165) is 23.2 Å². The van der Waals surface area contributed by atoms with Gasteiger partial charge in [-0.05, 0) is 37.2 Å². The Morgan fingerprint density at radius 1 is 1.32 bits per heavy atom. The molecule has 1 aromatic heterocycles. The van der Waals surface area contributed by atoms with Crippen LogP contribution in [0.4, 0.5) is 5.69 Å². The van der Waals surface area contributed by atoms with Gasteiger partial charge in [-0.2, -0.15) is 0 Å². The highest BCUT2D eigenvalue weighted by Crippen LogP contribution is 2.27. The second-order valence-corrected chi connectivity index (χ2v) is 5.13. The van der Waals surface area contributed by atoms with E-state index in [1.165, 1.54) is 0 Å². The van der Waals surface area contributed by atoms with E-state index in [0.29, 0.717) is 10.0 Å². The second kappa shape index (κ2) is 6.24. The molecule has 2 rings (SSSR count). The number of halogens is 2. The maximum Gasteiger partial charge on any atom is 0.0453 e. The van der Waals surface area contributed by atoms with E-state index in [-0.39, 0.29) is 6.04 Å². The molecule has 0 aliphatic carbocycles. The Kier molecular flexibility index (Phi) is 4.64. The van der Waals surface area contributed by atoms with Gasteiger partial charge in [-0.15, -0.1) is 0 Å². The average Bonchev–Trinajstić information content (AvgIpc) is 2.39. The Balaban J connectivity index is 2.27. The monoisotopic (exact) mass is 295 g/mol. The number of nitrogens with zero attached hydrogens (tertiary/aromatic N) is 1. The number of nitrogens with one attached hydrogen (secondary N) is 1. The zero-order chi connectivity index (χ0) is 13.8. The standard InChI is InChI=1S/C14H15Cl2N3/c1-18-14(11-8-19-5-4-13(11)17)6-9-2-3-10(15)7-12(9)16/h2-5,7-8,14,18H,6H2,1H3,(H2,17,19). The van der Waals surface area contributed by atoms with Crippen LogP contribution in [0.15, 0.2) is 36.7 Å². The summed E-state index contributed by atoms with van der Waals surface area (Å²) in [6, 6.07) is 7.37. The second-order valence-electron chi connectivity index (χ2n) is 4.29. The van der Waals surface area contributed by atoms with Crippen LogP contribution in [0.1, 0.15) is 17.2 Å². The van der Waals surface area contributed by atoms with Crippen molar-refractivity contribution in [2.75, 3.05) is 12.8 Å². The molecule has 0 fully saturated rings. The Morgan fingerprint density at radius 3 is 2.74 bits per heavy atom. The SMILES string of the molecule is CNC(Cc1ccc(Cl)cc1Cl)c1cnccc1N. The molecule has 5 heteroatoms. The summed E-state index contributed by atoms with van der Waals surface area (Å²) in [7, 11) is 1.89. The van der Waals surface area contributed by atoms with Crippen LogP contribution in [0, 0.1) is 0 Å². The lowest BCUT2D eigenvalue weighted by Gasteiger charge is -2.18. The molecule has 0 spiro atoms. The molecule has 0 saturated heterocycles. The smallest absolute Gasteiger partial charge is 0.0453 e. The van der Waals surface area contributed by atoms with Crippen molar-refractivity contribution in [2.24, 2.45) is 0 Å². The van der Waals surface area contributed by atoms with Crippen molar-refractivity contribution >= 4 is 28.9 Å². The van der Waals surface area contributed by atoms with E-state index in [2.05, 4.69) is 10.3 Å². The summed E-state index contributed by atoms with van der Waals surface area (Å²) in [4.78, 5) is 4.12. The maximum absolute atomic E-state index is 6.20. The molecule has 0 saturated carbocycles. The number of benzene rings is 1. The number of rotatable bonds is 4. The zero-order valence-corrected chi connectivity index (χ0v) is 12.0. The third-order valence-corrected chi connectivity index (χ3v) is 3.64. The fraction of sp³-hybridized carbons (Fsp3) is 0.214. The van der Waals surface area contributed by atoms with Gasteiger partial charge in [0.25, 0.3) is 0 Å². The molecule has 0 aliphatic rings. The minimum absolute atomic E-state index is 0.0624. The third-order valence-electron chi connectivity index (χ3n) is 3.05. The van der Waals surface area contributed by atoms with Crippen LogP contribution in [0.25, 0.3) is 0 Å². The largest absolute Gasteiger partial charge is 0.398 e. The van der Waals surface area contributed by atoms with Crippen LogP contribution < -0.4 is 11.1 Å². The lowest BCUT2D eigenvalue weighted by molar-refractivity contribution is 0.592. The Hall–Kier alpha value is -1.29. The van der Waals surface area contributed by atoms with Gasteiger partial charge in [0.1, 0.15) is 0 Å². The van der Waals surface area contributed by atoms with Gasteiger partial charge in [-0.3, -0.25) is 4.98 Å². The van der Waals surface area contributed by atoms with Crippen LogP contribution >= 0.6 is 23.2 Å². The topological polar surface area (TPSA) is 50.9 Å². The van der Waals surface area contributed by atoms with Gasteiger partial charge >= 0.3 is 0 Å². The van der Waals surface area contributed by atoms with Crippen LogP contribution in [0.2, 0.25) is 10.0 Å². The van der Waals surface area contributed by atoms with Crippen LogP contribution in [-0.4, -0.2) is 12.0 Å². The highest BCUT2D eigenvalue weighted by Gasteiger charge is 2.15. The number of likely N-dealkylation sites (N-methyl/N-ethyl adjacent to an activating group) is 1. The minimum atomic E-state index is 0.0624. The molecule has 3 nitrogen and oxygen atoms in total. The number of hydrogen-bond acceptors (Lipinski definition) is 3. The molecular weight excluding hydrogens is 281 g/mol. The molecule has 19 heavy (non-hydrogen) atoms. The maximum atomic E-state index is 6.20. The van der Waals surface area contributed by atoms with E-state index in [1.807, 2.05) is 19.2 Å².